The molecule has 5 nitrogen and oxygen atoms in total. The van der Waals surface area contributed by atoms with E-state index in [1.165, 1.54) is 18.2 Å². The van der Waals surface area contributed by atoms with Gasteiger partial charge in [-0.15, -0.1) is 0 Å². The Morgan fingerprint density at radius 1 is 1.29 bits per heavy atom. The molecule has 1 saturated heterocycles. The number of hydrogen-bond donors (Lipinski definition) is 1. The zero-order valence-corrected chi connectivity index (χ0v) is 13.3. The lowest BCUT2D eigenvalue weighted by atomic mass is 9.93. The smallest absolute Gasteiger partial charge is 0.387 e. The van der Waals surface area contributed by atoms with Crippen molar-refractivity contribution in [3.63, 3.8) is 0 Å². The van der Waals surface area contributed by atoms with E-state index in [1.54, 1.807) is 23.1 Å². The third kappa shape index (κ3) is 4.78. The molecule has 0 aromatic heterocycles. The average Bonchev–Trinajstić information content (AvgIpc) is 2.53. The molecule has 1 aromatic carbocycles. The maximum atomic E-state index is 12.3. The number of alkyl halides is 2. The molecule has 130 valence electrons. The fourth-order valence-electron chi connectivity index (χ4n) is 2.67. The number of primary amides is 1. The van der Waals surface area contributed by atoms with E-state index in [2.05, 4.69) is 4.74 Å². The number of amides is 2. The van der Waals surface area contributed by atoms with Crippen LogP contribution in [-0.2, 0) is 9.59 Å². The Morgan fingerprint density at radius 3 is 2.54 bits per heavy atom. The van der Waals surface area contributed by atoms with Crippen molar-refractivity contribution >= 4 is 17.9 Å². The number of carbonyl (C=O) groups is 2. The highest BCUT2D eigenvalue weighted by Crippen LogP contribution is 2.22. The van der Waals surface area contributed by atoms with Gasteiger partial charge in [-0.2, -0.15) is 8.78 Å². The van der Waals surface area contributed by atoms with Gasteiger partial charge in [-0.3, -0.25) is 9.59 Å². The Balaban J connectivity index is 1.99. The first-order valence-electron chi connectivity index (χ1n) is 7.69. The number of benzene rings is 1. The SMILES string of the molecule is C[C@@H]1CC[C@@H](C(N)=O)CN1C(=O)/C=C/c1ccc(OC(F)F)cc1. The number of halogens is 2. The summed E-state index contributed by atoms with van der Waals surface area (Å²) in [5, 5.41) is 0. The van der Waals surface area contributed by atoms with E-state index in [9.17, 15) is 18.4 Å². The van der Waals surface area contributed by atoms with Crippen LogP contribution >= 0.6 is 0 Å². The van der Waals surface area contributed by atoms with Crippen molar-refractivity contribution in [2.75, 3.05) is 6.54 Å². The Kier molecular flexibility index (Phi) is 5.89. The van der Waals surface area contributed by atoms with Crippen LogP contribution in [0.5, 0.6) is 5.75 Å². The van der Waals surface area contributed by atoms with E-state index >= 15 is 0 Å². The normalized spacial score (nSPS) is 21.2. The van der Waals surface area contributed by atoms with Gasteiger partial charge in [-0.25, -0.2) is 0 Å². The van der Waals surface area contributed by atoms with Gasteiger partial charge in [0, 0.05) is 18.7 Å². The molecule has 0 aliphatic carbocycles. The summed E-state index contributed by atoms with van der Waals surface area (Å²) in [6, 6.07) is 6.01. The van der Waals surface area contributed by atoms with Gasteiger partial charge >= 0.3 is 6.61 Å². The van der Waals surface area contributed by atoms with E-state index in [-0.39, 0.29) is 23.6 Å². The highest BCUT2D eigenvalue weighted by Gasteiger charge is 2.30. The van der Waals surface area contributed by atoms with Crippen molar-refractivity contribution in [2.24, 2.45) is 11.7 Å². The number of nitrogens with two attached hydrogens (primary N) is 1. The fraction of sp³-hybridized carbons (Fsp3) is 0.412. The molecule has 1 heterocycles. The highest BCUT2D eigenvalue weighted by molar-refractivity contribution is 5.92. The topological polar surface area (TPSA) is 72.6 Å². The monoisotopic (exact) mass is 338 g/mol. The molecule has 2 amide bonds. The summed E-state index contributed by atoms with van der Waals surface area (Å²) in [4.78, 5) is 25.3. The quantitative estimate of drug-likeness (QED) is 0.838. The fourth-order valence-corrected chi connectivity index (χ4v) is 2.67. The first-order chi connectivity index (χ1) is 11.4. The van der Waals surface area contributed by atoms with E-state index < -0.39 is 12.5 Å². The summed E-state index contributed by atoms with van der Waals surface area (Å²) in [7, 11) is 0. The molecular weight excluding hydrogens is 318 g/mol. The largest absolute Gasteiger partial charge is 0.435 e. The first-order valence-corrected chi connectivity index (χ1v) is 7.69. The zero-order chi connectivity index (χ0) is 17.7. The molecule has 0 spiro atoms. The molecule has 1 aliphatic heterocycles. The third-order valence-electron chi connectivity index (χ3n) is 4.09. The number of hydrogen-bond acceptors (Lipinski definition) is 3. The molecule has 2 atom stereocenters. The van der Waals surface area contributed by atoms with Crippen LogP contribution in [0.2, 0.25) is 0 Å². The van der Waals surface area contributed by atoms with Crippen molar-refractivity contribution in [3.8, 4) is 5.75 Å². The van der Waals surface area contributed by atoms with E-state index in [1.807, 2.05) is 6.92 Å². The molecule has 1 aromatic rings. The van der Waals surface area contributed by atoms with Gasteiger partial charge in [0.15, 0.2) is 0 Å². The number of likely N-dealkylation sites (tertiary alicyclic amines) is 1. The number of nitrogens with zero attached hydrogens (tertiary/aromatic N) is 1. The van der Waals surface area contributed by atoms with Crippen LogP contribution in [-0.4, -0.2) is 35.9 Å². The lowest BCUT2D eigenvalue weighted by Gasteiger charge is -2.36. The Labute approximate surface area is 139 Å². The van der Waals surface area contributed by atoms with E-state index in [4.69, 9.17) is 5.73 Å². The van der Waals surface area contributed by atoms with Gasteiger partial charge in [0.05, 0.1) is 5.92 Å². The summed E-state index contributed by atoms with van der Waals surface area (Å²) in [6.45, 7) is -0.618. The minimum Gasteiger partial charge on any atom is -0.435 e. The molecule has 0 bridgehead atoms. The van der Waals surface area contributed by atoms with Crippen molar-refractivity contribution < 1.29 is 23.1 Å². The maximum absolute atomic E-state index is 12.3. The van der Waals surface area contributed by atoms with Crippen LogP contribution in [0, 0.1) is 5.92 Å². The van der Waals surface area contributed by atoms with Gasteiger partial charge in [0.2, 0.25) is 11.8 Å². The van der Waals surface area contributed by atoms with Crippen LogP contribution in [0.25, 0.3) is 6.08 Å². The summed E-state index contributed by atoms with van der Waals surface area (Å²) in [5.74, 6) is -0.855. The van der Waals surface area contributed by atoms with Crippen molar-refractivity contribution in [2.45, 2.75) is 32.4 Å². The molecule has 1 fully saturated rings. The predicted octanol–water partition coefficient (Wildman–Crippen LogP) is 2.41. The van der Waals surface area contributed by atoms with Crippen molar-refractivity contribution in [3.05, 3.63) is 35.9 Å². The van der Waals surface area contributed by atoms with Crippen LogP contribution < -0.4 is 10.5 Å². The molecule has 2 rings (SSSR count). The summed E-state index contributed by atoms with van der Waals surface area (Å²) in [5.41, 5.74) is 6.01. The zero-order valence-electron chi connectivity index (χ0n) is 13.3. The Bertz CT molecular complexity index is 617. The first kappa shape index (κ1) is 17.9. The van der Waals surface area contributed by atoms with Gasteiger partial charge in [0.1, 0.15) is 5.75 Å². The van der Waals surface area contributed by atoms with Crippen LogP contribution in [0.1, 0.15) is 25.3 Å². The van der Waals surface area contributed by atoms with Crippen molar-refractivity contribution in [1.82, 2.24) is 4.90 Å². The second kappa shape index (κ2) is 7.90. The molecule has 1 aliphatic rings. The molecule has 0 radical (unpaired) electrons. The van der Waals surface area contributed by atoms with Crippen molar-refractivity contribution in [1.29, 1.82) is 0 Å². The maximum Gasteiger partial charge on any atom is 0.387 e. The lowest BCUT2D eigenvalue weighted by Crippen LogP contribution is -2.48. The Hall–Kier alpha value is -2.44. The van der Waals surface area contributed by atoms with Gasteiger partial charge in [-0.1, -0.05) is 12.1 Å². The Morgan fingerprint density at radius 2 is 1.96 bits per heavy atom. The highest BCUT2D eigenvalue weighted by atomic mass is 19.3. The number of piperidine rings is 1. The third-order valence-corrected chi connectivity index (χ3v) is 4.09. The van der Waals surface area contributed by atoms with Gasteiger partial charge in [-0.05, 0) is 43.5 Å². The molecule has 0 unspecified atom stereocenters. The summed E-state index contributed by atoms with van der Waals surface area (Å²) in [6.07, 6.45) is 4.42. The second-order valence-corrected chi connectivity index (χ2v) is 5.80. The van der Waals surface area contributed by atoms with Crippen LogP contribution in [0.3, 0.4) is 0 Å². The lowest BCUT2D eigenvalue weighted by molar-refractivity contribution is -0.133. The minimum atomic E-state index is -2.87. The van der Waals surface area contributed by atoms with Crippen LogP contribution in [0.4, 0.5) is 8.78 Å². The number of carbonyl (C=O) groups excluding carboxylic acids is 2. The predicted molar refractivity (Wildman–Crippen MR) is 85.2 cm³/mol. The van der Waals surface area contributed by atoms with Gasteiger partial charge in [0.25, 0.3) is 0 Å². The molecular formula is C17H20F2N2O3. The molecule has 2 N–H and O–H groups in total. The minimum absolute atomic E-state index is 0.0413. The average molecular weight is 338 g/mol. The molecule has 24 heavy (non-hydrogen) atoms. The van der Waals surface area contributed by atoms with E-state index in [0.717, 1.165) is 6.42 Å². The molecule has 7 heteroatoms. The number of rotatable bonds is 5. The number of ether oxygens (including phenoxy) is 1. The summed E-state index contributed by atoms with van der Waals surface area (Å²) >= 11 is 0. The molecule has 0 saturated carbocycles. The van der Waals surface area contributed by atoms with E-state index in [0.29, 0.717) is 18.5 Å². The summed E-state index contributed by atoms with van der Waals surface area (Å²) < 4.78 is 28.4. The standard InChI is InChI=1S/C17H20F2N2O3/c1-11-2-6-13(16(20)23)10-21(11)15(22)9-5-12-3-7-14(8-4-12)24-17(18)19/h3-5,7-9,11,13,17H,2,6,10H2,1H3,(H2,20,23)/b9-5+/t11-,13-/m1/s1. The second-order valence-electron chi connectivity index (χ2n) is 5.80. The van der Waals surface area contributed by atoms with Crippen LogP contribution in [0.15, 0.2) is 30.3 Å². The van der Waals surface area contributed by atoms with Gasteiger partial charge < -0.3 is 15.4 Å².